The van der Waals surface area contributed by atoms with Crippen LogP contribution in [0.25, 0.3) is 16.6 Å². The molecule has 1 saturated heterocycles. The zero-order chi connectivity index (χ0) is 19.8. The predicted octanol–water partition coefficient (Wildman–Crippen LogP) is 3.53. The molecule has 3 aromatic rings. The van der Waals surface area contributed by atoms with Crippen LogP contribution in [0, 0.1) is 11.3 Å². The van der Waals surface area contributed by atoms with Gasteiger partial charge in [0.2, 0.25) is 0 Å². The number of halogens is 1. The Balaban J connectivity index is 1.85. The number of nitrogens with zero attached hydrogens (tertiary/aromatic N) is 4. The summed E-state index contributed by atoms with van der Waals surface area (Å²) in [6.45, 7) is 0.726. The summed E-state index contributed by atoms with van der Waals surface area (Å²) >= 11 is 3.52. The monoisotopic (exact) mass is 443 g/mol. The van der Waals surface area contributed by atoms with Crippen LogP contribution in [0.3, 0.4) is 0 Å². The van der Waals surface area contributed by atoms with E-state index in [2.05, 4.69) is 21.0 Å². The molecule has 2 aromatic heterocycles. The Morgan fingerprint density at radius 1 is 1.46 bits per heavy atom. The Labute approximate surface area is 169 Å². The molecule has 3 heterocycles. The van der Waals surface area contributed by atoms with Crippen molar-refractivity contribution in [2.75, 3.05) is 19.5 Å². The first-order chi connectivity index (χ1) is 13.5. The number of hydrogen-bond acceptors (Lipinski definition) is 6. The van der Waals surface area contributed by atoms with Gasteiger partial charge in [-0.05, 0) is 53.4 Å². The lowest BCUT2D eigenvalue weighted by atomic mass is 10.2. The first kappa shape index (κ1) is 18.5. The molecular weight excluding hydrogens is 426 g/mol. The van der Waals surface area contributed by atoms with E-state index in [1.165, 1.54) is 13.3 Å². The van der Waals surface area contributed by atoms with Crippen molar-refractivity contribution in [1.82, 2.24) is 14.3 Å². The number of fused-ring (bicyclic) bond motifs is 1. The highest BCUT2D eigenvalue weighted by Gasteiger charge is 2.24. The van der Waals surface area contributed by atoms with Gasteiger partial charge in [0.15, 0.2) is 11.9 Å². The predicted molar refractivity (Wildman–Crippen MR) is 106 cm³/mol. The first-order valence-corrected chi connectivity index (χ1v) is 9.63. The second-order valence-electron chi connectivity index (χ2n) is 6.54. The summed E-state index contributed by atoms with van der Waals surface area (Å²) < 4.78 is 14.8. The lowest BCUT2D eigenvalue weighted by molar-refractivity contribution is -0.0368. The van der Waals surface area contributed by atoms with Crippen LogP contribution in [0.15, 0.2) is 29.0 Å². The van der Waals surface area contributed by atoms with E-state index in [4.69, 9.17) is 15.2 Å². The second-order valence-corrected chi connectivity index (χ2v) is 7.29. The SMILES string of the molecule is COC(=O)c1c(N)c(C#N)cn1-c1ccc2c(c1)c(Br)nn2C1CCCCO1. The third kappa shape index (κ3) is 2.95. The molecule has 2 N–H and O–H groups in total. The van der Waals surface area contributed by atoms with Gasteiger partial charge in [0.1, 0.15) is 10.7 Å². The van der Waals surface area contributed by atoms with Crippen LogP contribution in [0.1, 0.15) is 41.5 Å². The molecule has 1 unspecified atom stereocenters. The number of carbonyl (C=O) groups is 1. The van der Waals surface area contributed by atoms with Crippen LogP contribution >= 0.6 is 15.9 Å². The Bertz CT molecular complexity index is 1110. The molecule has 1 aromatic carbocycles. The quantitative estimate of drug-likeness (QED) is 0.620. The first-order valence-electron chi connectivity index (χ1n) is 8.84. The molecule has 0 radical (unpaired) electrons. The Morgan fingerprint density at radius 3 is 2.96 bits per heavy atom. The number of hydrogen-bond donors (Lipinski definition) is 1. The normalized spacial score (nSPS) is 16.8. The molecule has 0 aliphatic carbocycles. The lowest BCUT2D eigenvalue weighted by Gasteiger charge is -2.23. The van der Waals surface area contributed by atoms with Crippen LogP contribution in [0.5, 0.6) is 0 Å². The maximum Gasteiger partial charge on any atom is 0.357 e. The zero-order valence-electron chi connectivity index (χ0n) is 15.2. The summed E-state index contributed by atoms with van der Waals surface area (Å²) in [5.74, 6) is -0.607. The van der Waals surface area contributed by atoms with E-state index in [0.717, 1.165) is 36.8 Å². The molecule has 0 saturated carbocycles. The lowest BCUT2D eigenvalue weighted by Crippen LogP contribution is -2.19. The van der Waals surface area contributed by atoms with E-state index in [1.807, 2.05) is 29.0 Å². The largest absolute Gasteiger partial charge is 0.464 e. The fourth-order valence-electron chi connectivity index (χ4n) is 3.50. The summed E-state index contributed by atoms with van der Waals surface area (Å²) in [7, 11) is 1.28. The van der Waals surface area contributed by atoms with Gasteiger partial charge in [-0.25, -0.2) is 9.48 Å². The summed E-state index contributed by atoms with van der Waals surface area (Å²) in [6.07, 6.45) is 4.52. The molecule has 1 fully saturated rings. The van der Waals surface area contributed by atoms with E-state index in [0.29, 0.717) is 10.3 Å². The fraction of sp³-hybridized carbons (Fsp3) is 0.316. The van der Waals surface area contributed by atoms with Gasteiger partial charge in [-0.2, -0.15) is 10.4 Å². The molecule has 1 aliphatic heterocycles. The van der Waals surface area contributed by atoms with Crippen molar-refractivity contribution in [2.24, 2.45) is 0 Å². The van der Waals surface area contributed by atoms with Crippen molar-refractivity contribution in [2.45, 2.75) is 25.5 Å². The number of aromatic nitrogens is 3. The molecule has 1 atom stereocenters. The van der Waals surface area contributed by atoms with Gasteiger partial charge in [0.25, 0.3) is 0 Å². The fourth-order valence-corrected chi connectivity index (χ4v) is 3.98. The number of rotatable bonds is 3. The molecular formula is C19H18BrN5O3. The van der Waals surface area contributed by atoms with Crippen molar-refractivity contribution < 1.29 is 14.3 Å². The Kier molecular flexibility index (Phi) is 4.83. The summed E-state index contributed by atoms with van der Waals surface area (Å²) in [6, 6.07) is 7.66. The molecule has 28 heavy (non-hydrogen) atoms. The molecule has 0 bridgehead atoms. The molecule has 9 heteroatoms. The van der Waals surface area contributed by atoms with Gasteiger partial charge < -0.3 is 19.8 Å². The molecule has 4 rings (SSSR count). The van der Waals surface area contributed by atoms with Gasteiger partial charge in [0.05, 0.1) is 23.9 Å². The minimum absolute atomic E-state index is 0.0913. The molecule has 0 amide bonds. The van der Waals surface area contributed by atoms with E-state index >= 15 is 0 Å². The molecule has 0 spiro atoms. The number of anilines is 1. The molecule has 1 aliphatic rings. The van der Waals surface area contributed by atoms with E-state index in [9.17, 15) is 10.1 Å². The number of nitrogens with two attached hydrogens (primary N) is 1. The number of nitriles is 1. The summed E-state index contributed by atoms with van der Waals surface area (Å²) in [4.78, 5) is 12.2. The standard InChI is InChI=1S/C19H18BrN5O3/c1-27-19(26)17-16(22)11(9-21)10-24(17)12-5-6-14-13(8-12)18(20)23-25(14)15-4-2-3-7-28-15/h5-6,8,10,15H,2-4,7,22H2,1H3. The van der Waals surface area contributed by atoms with Crippen LogP contribution in [-0.4, -0.2) is 34.0 Å². The summed E-state index contributed by atoms with van der Waals surface area (Å²) in [5, 5.41) is 14.8. The average Bonchev–Trinajstić information content (AvgIpc) is 3.24. The van der Waals surface area contributed by atoms with Gasteiger partial charge in [-0.1, -0.05) is 0 Å². The van der Waals surface area contributed by atoms with Crippen LogP contribution in [0.2, 0.25) is 0 Å². The molecule has 144 valence electrons. The summed E-state index contributed by atoms with van der Waals surface area (Å²) in [5.41, 5.74) is 8.01. The molecule has 8 nitrogen and oxygen atoms in total. The third-order valence-corrected chi connectivity index (χ3v) is 5.48. The van der Waals surface area contributed by atoms with Crippen molar-refractivity contribution in [3.63, 3.8) is 0 Å². The van der Waals surface area contributed by atoms with Crippen LogP contribution in [0.4, 0.5) is 5.69 Å². The van der Waals surface area contributed by atoms with Crippen molar-refractivity contribution >= 4 is 38.5 Å². The highest BCUT2D eigenvalue weighted by Crippen LogP contribution is 2.33. The van der Waals surface area contributed by atoms with E-state index < -0.39 is 5.97 Å². The number of carbonyl (C=O) groups excluding carboxylic acids is 1. The topological polar surface area (TPSA) is 108 Å². The van der Waals surface area contributed by atoms with Gasteiger partial charge in [-0.3, -0.25) is 0 Å². The Hall–Kier alpha value is -2.83. The van der Waals surface area contributed by atoms with Gasteiger partial charge >= 0.3 is 5.97 Å². The average molecular weight is 444 g/mol. The highest BCUT2D eigenvalue weighted by molar-refractivity contribution is 9.10. The third-order valence-electron chi connectivity index (χ3n) is 4.89. The van der Waals surface area contributed by atoms with E-state index in [1.54, 1.807) is 4.57 Å². The van der Waals surface area contributed by atoms with E-state index in [-0.39, 0.29) is 23.2 Å². The number of methoxy groups -OCH3 is 1. The minimum Gasteiger partial charge on any atom is -0.464 e. The number of nitrogen functional groups attached to an aromatic ring is 1. The number of benzene rings is 1. The second kappa shape index (κ2) is 7.30. The van der Waals surface area contributed by atoms with Gasteiger partial charge in [0, 0.05) is 23.9 Å². The van der Waals surface area contributed by atoms with Crippen molar-refractivity contribution in [1.29, 1.82) is 5.26 Å². The van der Waals surface area contributed by atoms with Crippen molar-refractivity contribution in [3.8, 4) is 11.8 Å². The minimum atomic E-state index is -0.607. The van der Waals surface area contributed by atoms with Crippen LogP contribution in [-0.2, 0) is 9.47 Å². The zero-order valence-corrected chi connectivity index (χ0v) is 16.8. The smallest absolute Gasteiger partial charge is 0.357 e. The number of esters is 1. The highest BCUT2D eigenvalue weighted by atomic mass is 79.9. The Morgan fingerprint density at radius 2 is 2.29 bits per heavy atom. The van der Waals surface area contributed by atoms with Crippen molar-refractivity contribution in [3.05, 3.63) is 40.3 Å². The maximum absolute atomic E-state index is 12.2. The van der Waals surface area contributed by atoms with Crippen LogP contribution < -0.4 is 5.73 Å². The van der Waals surface area contributed by atoms with Gasteiger partial charge in [-0.15, -0.1) is 0 Å². The maximum atomic E-state index is 12.2. The number of ether oxygens (including phenoxy) is 2.